The SMILES string of the molecule is CC(C)(NC(=O)OCC1c2ccccc2-c2ccccc21)C(=O)N1CC(C(=O)O)C1. The van der Waals surface area contributed by atoms with Crippen LogP contribution in [0, 0.1) is 5.92 Å². The molecule has 0 unspecified atom stereocenters. The lowest BCUT2D eigenvalue weighted by Gasteiger charge is -2.41. The van der Waals surface area contributed by atoms with Gasteiger partial charge in [-0.05, 0) is 36.1 Å². The van der Waals surface area contributed by atoms with Gasteiger partial charge in [-0.1, -0.05) is 48.5 Å². The predicted molar refractivity (Wildman–Crippen MR) is 110 cm³/mol. The van der Waals surface area contributed by atoms with Gasteiger partial charge in [0.2, 0.25) is 5.91 Å². The number of carboxylic acid groups (broad SMARTS) is 1. The molecule has 0 atom stereocenters. The molecular weight excluding hydrogens is 384 g/mol. The number of carbonyl (C=O) groups excluding carboxylic acids is 2. The molecule has 1 fully saturated rings. The van der Waals surface area contributed by atoms with Crippen LogP contribution in [0.1, 0.15) is 30.9 Å². The van der Waals surface area contributed by atoms with Gasteiger partial charge in [-0.2, -0.15) is 0 Å². The highest BCUT2D eigenvalue weighted by Gasteiger charge is 2.42. The topological polar surface area (TPSA) is 95.9 Å². The zero-order chi connectivity index (χ0) is 21.5. The molecule has 0 aromatic heterocycles. The Labute approximate surface area is 174 Å². The van der Waals surface area contributed by atoms with Crippen LogP contribution in [0.2, 0.25) is 0 Å². The number of carboxylic acids is 1. The quantitative estimate of drug-likeness (QED) is 0.793. The Hall–Kier alpha value is -3.35. The number of hydrogen-bond donors (Lipinski definition) is 2. The van der Waals surface area contributed by atoms with E-state index < -0.39 is 23.5 Å². The first-order chi connectivity index (χ1) is 14.3. The second-order valence-electron chi connectivity index (χ2n) is 8.32. The molecule has 7 heteroatoms. The molecule has 0 spiro atoms. The summed E-state index contributed by atoms with van der Waals surface area (Å²) in [7, 11) is 0. The van der Waals surface area contributed by atoms with Gasteiger partial charge < -0.3 is 20.1 Å². The van der Waals surface area contributed by atoms with Crippen molar-refractivity contribution < 1.29 is 24.2 Å². The number of hydrogen-bond acceptors (Lipinski definition) is 4. The molecule has 1 saturated heterocycles. The minimum absolute atomic E-state index is 0.0614. The molecule has 156 valence electrons. The highest BCUT2D eigenvalue weighted by Crippen LogP contribution is 2.44. The first-order valence-corrected chi connectivity index (χ1v) is 9.93. The van der Waals surface area contributed by atoms with E-state index in [1.807, 2.05) is 36.4 Å². The Morgan fingerprint density at radius 3 is 2.10 bits per heavy atom. The molecule has 2 aromatic carbocycles. The fourth-order valence-electron chi connectivity index (χ4n) is 4.14. The standard InChI is InChI=1S/C23H24N2O5/c1-23(2,21(28)25-11-14(12-25)20(26)27)24-22(29)30-13-19-17-9-5-3-7-15(17)16-8-4-6-10-18(16)19/h3-10,14,19H,11-13H2,1-2H3,(H,24,29)(H,26,27). The average Bonchev–Trinajstić information content (AvgIpc) is 2.98. The zero-order valence-electron chi connectivity index (χ0n) is 16.9. The number of rotatable bonds is 5. The van der Waals surface area contributed by atoms with Gasteiger partial charge in [0.15, 0.2) is 0 Å². The van der Waals surface area contributed by atoms with Crippen molar-refractivity contribution in [3.05, 3.63) is 59.7 Å². The van der Waals surface area contributed by atoms with Crippen molar-refractivity contribution in [2.24, 2.45) is 5.92 Å². The predicted octanol–water partition coefficient (Wildman–Crippen LogP) is 2.85. The molecule has 4 rings (SSSR count). The van der Waals surface area contributed by atoms with Crippen molar-refractivity contribution in [3.8, 4) is 11.1 Å². The van der Waals surface area contributed by atoms with E-state index in [0.717, 1.165) is 22.3 Å². The highest BCUT2D eigenvalue weighted by atomic mass is 16.5. The number of carbonyl (C=O) groups is 3. The van der Waals surface area contributed by atoms with Gasteiger partial charge in [-0.25, -0.2) is 4.79 Å². The molecule has 2 amide bonds. The molecular formula is C23H24N2O5. The van der Waals surface area contributed by atoms with E-state index in [1.165, 1.54) is 4.90 Å². The number of amides is 2. The molecule has 2 aromatic rings. The maximum atomic E-state index is 12.6. The summed E-state index contributed by atoms with van der Waals surface area (Å²) in [5.74, 6) is -1.84. The van der Waals surface area contributed by atoms with Gasteiger partial charge >= 0.3 is 12.1 Å². The smallest absolute Gasteiger partial charge is 0.408 e. The summed E-state index contributed by atoms with van der Waals surface area (Å²) < 4.78 is 5.50. The van der Waals surface area contributed by atoms with Crippen molar-refractivity contribution in [2.45, 2.75) is 25.3 Å². The molecule has 2 N–H and O–H groups in total. The Morgan fingerprint density at radius 2 is 1.57 bits per heavy atom. The first-order valence-electron chi connectivity index (χ1n) is 9.93. The van der Waals surface area contributed by atoms with Gasteiger partial charge in [0, 0.05) is 19.0 Å². The summed E-state index contributed by atoms with van der Waals surface area (Å²) >= 11 is 0. The van der Waals surface area contributed by atoms with E-state index in [4.69, 9.17) is 9.84 Å². The minimum atomic E-state index is -1.19. The van der Waals surface area contributed by atoms with Crippen molar-refractivity contribution in [1.29, 1.82) is 0 Å². The molecule has 30 heavy (non-hydrogen) atoms. The number of benzene rings is 2. The fraction of sp³-hybridized carbons (Fsp3) is 0.348. The van der Waals surface area contributed by atoms with Gasteiger partial charge in [-0.15, -0.1) is 0 Å². The van der Waals surface area contributed by atoms with Gasteiger partial charge in [0.05, 0.1) is 5.92 Å². The number of aliphatic carboxylic acids is 1. The number of fused-ring (bicyclic) bond motifs is 3. The maximum Gasteiger partial charge on any atom is 0.408 e. The summed E-state index contributed by atoms with van der Waals surface area (Å²) in [4.78, 5) is 37.4. The van der Waals surface area contributed by atoms with Crippen LogP contribution in [0.5, 0.6) is 0 Å². The van der Waals surface area contributed by atoms with Crippen LogP contribution in [-0.4, -0.2) is 53.2 Å². The van der Waals surface area contributed by atoms with Gasteiger partial charge in [-0.3, -0.25) is 9.59 Å². The summed E-state index contributed by atoms with van der Waals surface area (Å²) in [5.41, 5.74) is 3.32. The van der Waals surface area contributed by atoms with Crippen LogP contribution < -0.4 is 5.32 Å². The summed E-state index contributed by atoms with van der Waals surface area (Å²) in [6.07, 6.45) is -0.675. The molecule has 0 saturated carbocycles. The van der Waals surface area contributed by atoms with Crippen LogP contribution >= 0.6 is 0 Å². The van der Waals surface area contributed by atoms with Gasteiger partial charge in [0.1, 0.15) is 12.1 Å². The number of nitrogens with one attached hydrogen (secondary N) is 1. The lowest BCUT2D eigenvalue weighted by atomic mass is 9.95. The molecule has 1 aliphatic carbocycles. The van der Waals surface area contributed by atoms with Crippen molar-refractivity contribution in [1.82, 2.24) is 10.2 Å². The number of ether oxygens (including phenoxy) is 1. The minimum Gasteiger partial charge on any atom is -0.481 e. The Balaban J connectivity index is 1.38. The average molecular weight is 408 g/mol. The van der Waals surface area contributed by atoms with Crippen LogP contribution in [0.25, 0.3) is 11.1 Å². The van der Waals surface area contributed by atoms with Crippen molar-refractivity contribution in [3.63, 3.8) is 0 Å². The van der Waals surface area contributed by atoms with Crippen LogP contribution in [0.15, 0.2) is 48.5 Å². The molecule has 0 radical (unpaired) electrons. The van der Waals surface area contributed by atoms with E-state index in [1.54, 1.807) is 13.8 Å². The number of nitrogens with zero attached hydrogens (tertiary/aromatic N) is 1. The first kappa shape index (κ1) is 19.9. The van der Waals surface area contributed by atoms with Crippen LogP contribution in [0.3, 0.4) is 0 Å². The maximum absolute atomic E-state index is 12.6. The lowest BCUT2D eigenvalue weighted by Crippen LogP contribution is -2.62. The monoisotopic (exact) mass is 408 g/mol. The van der Waals surface area contributed by atoms with Crippen LogP contribution in [0.4, 0.5) is 4.79 Å². The third-order valence-electron chi connectivity index (χ3n) is 5.81. The van der Waals surface area contributed by atoms with Crippen molar-refractivity contribution >= 4 is 18.0 Å². The van der Waals surface area contributed by atoms with Gasteiger partial charge in [0.25, 0.3) is 0 Å². The molecule has 0 bridgehead atoms. The summed E-state index contributed by atoms with van der Waals surface area (Å²) in [5, 5.41) is 11.6. The third kappa shape index (κ3) is 3.51. The second kappa shape index (κ2) is 7.48. The number of likely N-dealkylation sites (tertiary alicyclic amines) is 1. The van der Waals surface area contributed by atoms with E-state index in [-0.39, 0.29) is 31.5 Å². The summed E-state index contributed by atoms with van der Waals surface area (Å²) in [6, 6.07) is 16.1. The van der Waals surface area contributed by atoms with E-state index >= 15 is 0 Å². The largest absolute Gasteiger partial charge is 0.481 e. The lowest BCUT2D eigenvalue weighted by molar-refractivity contribution is -0.155. The van der Waals surface area contributed by atoms with E-state index in [9.17, 15) is 14.4 Å². The molecule has 1 aliphatic heterocycles. The normalized spacial score (nSPS) is 15.7. The van der Waals surface area contributed by atoms with E-state index in [0.29, 0.717) is 0 Å². The Bertz CT molecular complexity index is 965. The fourth-order valence-corrected chi connectivity index (χ4v) is 4.14. The summed E-state index contributed by atoms with van der Waals surface area (Å²) in [6.45, 7) is 3.65. The molecule has 7 nitrogen and oxygen atoms in total. The number of alkyl carbamates (subject to hydrolysis) is 1. The molecule has 2 aliphatic rings. The van der Waals surface area contributed by atoms with Crippen molar-refractivity contribution in [2.75, 3.05) is 19.7 Å². The Kier molecular flexibility index (Phi) is 4.97. The Morgan fingerprint density at radius 1 is 1.03 bits per heavy atom. The third-order valence-corrected chi connectivity index (χ3v) is 5.81. The van der Waals surface area contributed by atoms with E-state index in [2.05, 4.69) is 17.4 Å². The zero-order valence-corrected chi connectivity index (χ0v) is 16.9. The van der Waals surface area contributed by atoms with Crippen LogP contribution in [-0.2, 0) is 14.3 Å². The highest BCUT2D eigenvalue weighted by molar-refractivity contribution is 5.91. The second-order valence-corrected chi connectivity index (χ2v) is 8.32. The molecule has 1 heterocycles.